The van der Waals surface area contributed by atoms with E-state index in [-0.39, 0.29) is 23.9 Å². The molecule has 1 aliphatic heterocycles. The summed E-state index contributed by atoms with van der Waals surface area (Å²) in [5.41, 5.74) is 3.31. The minimum Gasteiger partial charge on any atom is -0.483 e. The number of carbonyl (C=O) groups excluding carboxylic acids is 2. The van der Waals surface area contributed by atoms with E-state index >= 15 is 0 Å². The van der Waals surface area contributed by atoms with Crippen molar-refractivity contribution in [3.05, 3.63) is 59.2 Å². The van der Waals surface area contributed by atoms with Crippen LogP contribution in [0.4, 0.5) is 5.69 Å². The number of anilines is 1. The van der Waals surface area contributed by atoms with E-state index in [2.05, 4.69) is 20.8 Å². The number of carbonyl (C=O) groups is 2. The Morgan fingerprint density at radius 2 is 1.85 bits per heavy atom. The van der Waals surface area contributed by atoms with Crippen LogP contribution in [0.5, 0.6) is 5.75 Å². The second-order valence-electron chi connectivity index (χ2n) is 7.67. The Bertz CT molecular complexity index is 867. The topological polar surface area (TPSA) is 55.8 Å². The van der Waals surface area contributed by atoms with E-state index in [1.807, 2.05) is 24.3 Å². The van der Waals surface area contributed by atoms with Crippen molar-refractivity contribution in [1.29, 1.82) is 0 Å². The van der Waals surface area contributed by atoms with Gasteiger partial charge in [-0.2, -0.15) is 0 Å². The van der Waals surface area contributed by atoms with Crippen LogP contribution in [0.1, 0.15) is 42.3 Å². The molecule has 0 bridgehead atoms. The molecule has 0 N–H and O–H groups in total. The van der Waals surface area contributed by atoms with Crippen LogP contribution in [0.15, 0.2) is 42.5 Å². The summed E-state index contributed by atoms with van der Waals surface area (Å²) in [4.78, 5) is 26.1. The first-order valence-electron chi connectivity index (χ1n) is 9.05. The van der Waals surface area contributed by atoms with E-state index in [0.717, 1.165) is 22.6 Å². The molecule has 0 fully saturated rings. The van der Waals surface area contributed by atoms with Gasteiger partial charge in [0, 0.05) is 12.2 Å². The van der Waals surface area contributed by atoms with Crippen LogP contribution in [0.3, 0.4) is 0 Å². The van der Waals surface area contributed by atoms with Crippen molar-refractivity contribution in [2.24, 2.45) is 0 Å². The number of ether oxygens (including phenoxy) is 2. The summed E-state index contributed by atoms with van der Waals surface area (Å²) in [5.74, 6) is 0.270. The number of benzene rings is 2. The van der Waals surface area contributed by atoms with Crippen molar-refractivity contribution >= 4 is 17.6 Å². The zero-order valence-corrected chi connectivity index (χ0v) is 16.2. The summed E-state index contributed by atoms with van der Waals surface area (Å²) in [5, 5.41) is 0. The number of esters is 1. The Kier molecular flexibility index (Phi) is 5.22. The van der Waals surface area contributed by atoms with Gasteiger partial charge in [0.05, 0.1) is 12.7 Å². The Morgan fingerprint density at radius 3 is 2.56 bits per heavy atom. The number of hydrogen-bond donors (Lipinski definition) is 0. The molecule has 0 unspecified atom stereocenters. The average Bonchev–Trinajstić information content (AvgIpc) is 3.08. The maximum Gasteiger partial charge on any atom is 0.337 e. The molecule has 0 saturated heterocycles. The van der Waals surface area contributed by atoms with Gasteiger partial charge in [0.15, 0.2) is 6.61 Å². The third kappa shape index (κ3) is 3.97. The van der Waals surface area contributed by atoms with Crippen LogP contribution < -0.4 is 9.64 Å². The summed E-state index contributed by atoms with van der Waals surface area (Å²) < 4.78 is 10.6. The lowest BCUT2D eigenvalue weighted by molar-refractivity contribution is -0.120. The summed E-state index contributed by atoms with van der Waals surface area (Å²) in [6.45, 7) is 6.92. The van der Waals surface area contributed by atoms with Gasteiger partial charge in [0.1, 0.15) is 5.75 Å². The summed E-state index contributed by atoms with van der Waals surface area (Å²) >= 11 is 0. The van der Waals surface area contributed by atoms with Gasteiger partial charge >= 0.3 is 5.97 Å². The van der Waals surface area contributed by atoms with Crippen LogP contribution in [0, 0.1) is 0 Å². The van der Waals surface area contributed by atoms with E-state index in [1.165, 1.54) is 7.11 Å². The van der Waals surface area contributed by atoms with Crippen molar-refractivity contribution in [3.8, 4) is 5.75 Å². The Balaban J connectivity index is 1.72. The fourth-order valence-electron chi connectivity index (χ4n) is 3.34. The molecule has 1 heterocycles. The molecule has 0 spiro atoms. The first kappa shape index (κ1) is 19.0. The Hall–Kier alpha value is -2.82. The molecule has 5 heteroatoms. The molecular formula is C22H25NO4. The molecule has 1 aliphatic rings. The molecule has 0 atom stereocenters. The van der Waals surface area contributed by atoms with E-state index in [9.17, 15) is 9.59 Å². The molecule has 142 valence electrons. The van der Waals surface area contributed by atoms with Crippen molar-refractivity contribution in [2.45, 2.75) is 32.6 Å². The average molecular weight is 367 g/mol. The number of nitrogens with zero attached hydrogens (tertiary/aromatic N) is 1. The van der Waals surface area contributed by atoms with Crippen LogP contribution in [-0.2, 0) is 21.4 Å². The second kappa shape index (κ2) is 7.43. The smallest absolute Gasteiger partial charge is 0.337 e. The summed E-state index contributed by atoms with van der Waals surface area (Å²) in [6.07, 6.45) is 0.713. The van der Waals surface area contributed by atoms with Crippen molar-refractivity contribution < 1.29 is 19.1 Å². The number of fused-ring (bicyclic) bond motifs is 1. The van der Waals surface area contributed by atoms with Crippen LogP contribution in [-0.4, -0.2) is 32.1 Å². The summed E-state index contributed by atoms with van der Waals surface area (Å²) in [7, 11) is 1.36. The lowest BCUT2D eigenvalue weighted by Gasteiger charge is -2.23. The lowest BCUT2D eigenvalue weighted by Crippen LogP contribution is -2.33. The van der Waals surface area contributed by atoms with Crippen molar-refractivity contribution in [1.82, 2.24) is 0 Å². The predicted octanol–water partition coefficient (Wildman–Crippen LogP) is 3.74. The minimum atomic E-state index is -0.371. The van der Waals surface area contributed by atoms with Crippen LogP contribution >= 0.6 is 0 Å². The van der Waals surface area contributed by atoms with Gasteiger partial charge in [-0.25, -0.2) is 4.79 Å². The molecule has 3 rings (SSSR count). The molecule has 0 saturated carbocycles. The van der Waals surface area contributed by atoms with E-state index < -0.39 is 0 Å². The van der Waals surface area contributed by atoms with Crippen LogP contribution in [0.25, 0.3) is 0 Å². The highest BCUT2D eigenvalue weighted by Crippen LogP contribution is 2.32. The molecule has 0 aromatic heterocycles. The normalized spacial score (nSPS) is 13.3. The first-order chi connectivity index (χ1) is 12.8. The monoisotopic (exact) mass is 367 g/mol. The minimum absolute atomic E-state index is 0.0225. The molecule has 0 aliphatic carbocycles. The largest absolute Gasteiger partial charge is 0.483 e. The van der Waals surface area contributed by atoms with Gasteiger partial charge in [-0.1, -0.05) is 39.0 Å². The lowest BCUT2D eigenvalue weighted by atomic mass is 9.86. The predicted molar refractivity (Wildman–Crippen MR) is 104 cm³/mol. The molecule has 5 nitrogen and oxygen atoms in total. The highest BCUT2D eigenvalue weighted by atomic mass is 16.5. The standard InChI is InChI=1S/C22H25NO4/c1-22(2,3)17-7-5-6-8-19(17)27-14-20(24)23-12-11-15-13-16(21(25)26-4)9-10-18(15)23/h5-10,13H,11-12,14H2,1-4H3. The third-order valence-corrected chi connectivity index (χ3v) is 4.74. The maximum absolute atomic E-state index is 12.7. The van der Waals surface area contributed by atoms with Gasteiger partial charge in [-0.15, -0.1) is 0 Å². The number of rotatable bonds is 4. The number of amides is 1. The fraction of sp³-hybridized carbons (Fsp3) is 0.364. The SMILES string of the molecule is COC(=O)c1ccc2c(c1)CCN2C(=O)COc1ccccc1C(C)(C)C. The van der Waals surface area contributed by atoms with Gasteiger partial charge in [-0.3, -0.25) is 4.79 Å². The van der Waals surface area contributed by atoms with E-state index in [0.29, 0.717) is 18.5 Å². The molecule has 2 aromatic carbocycles. The van der Waals surface area contributed by atoms with Gasteiger partial charge in [0.25, 0.3) is 5.91 Å². The third-order valence-electron chi connectivity index (χ3n) is 4.74. The Morgan fingerprint density at radius 1 is 1.11 bits per heavy atom. The molecule has 0 radical (unpaired) electrons. The fourth-order valence-corrected chi connectivity index (χ4v) is 3.34. The molecule has 1 amide bonds. The molecular weight excluding hydrogens is 342 g/mol. The second-order valence-corrected chi connectivity index (χ2v) is 7.67. The van der Waals surface area contributed by atoms with Crippen LogP contribution in [0.2, 0.25) is 0 Å². The summed E-state index contributed by atoms with van der Waals surface area (Å²) in [6, 6.07) is 13.1. The zero-order chi connectivity index (χ0) is 19.6. The molecule has 27 heavy (non-hydrogen) atoms. The Labute approximate surface area is 159 Å². The number of hydrogen-bond acceptors (Lipinski definition) is 4. The highest BCUT2D eigenvalue weighted by Gasteiger charge is 2.26. The number of methoxy groups -OCH3 is 1. The van der Waals surface area contributed by atoms with E-state index in [4.69, 9.17) is 9.47 Å². The van der Waals surface area contributed by atoms with E-state index in [1.54, 1.807) is 23.1 Å². The quantitative estimate of drug-likeness (QED) is 0.773. The van der Waals surface area contributed by atoms with Gasteiger partial charge in [-0.05, 0) is 47.2 Å². The van der Waals surface area contributed by atoms with Crippen molar-refractivity contribution in [2.75, 3.05) is 25.2 Å². The maximum atomic E-state index is 12.7. The molecule has 2 aromatic rings. The number of para-hydroxylation sites is 1. The zero-order valence-electron chi connectivity index (χ0n) is 16.2. The highest BCUT2D eigenvalue weighted by molar-refractivity contribution is 5.98. The van der Waals surface area contributed by atoms with Gasteiger partial charge in [0.2, 0.25) is 0 Å². The van der Waals surface area contributed by atoms with Gasteiger partial charge < -0.3 is 14.4 Å². The first-order valence-corrected chi connectivity index (χ1v) is 9.05. The van der Waals surface area contributed by atoms with Crippen molar-refractivity contribution in [3.63, 3.8) is 0 Å².